The summed E-state index contributed by atoms with van der Waals surface area (Å²) in [6, 6.07) is 5.14. The van der Waals surface area contributed by atoms with Crippen LogP contribution in [0, 0.1) is 18.3 Å². The van der Waals surface area contributed by atoms with Crippen LogP contribution in [0.25, 0.3) is 10.9 Å². The highest BCUT2D eigenvalue weighted by atomic mass is 35.5. The number of pyridine rings is 1. The number of aromatic nitrogens is 1. The molecule has 0 amide bonds. The van der Waals surface area contributed by atoms with E-state index in [4.69, 9.17) is 16.9 Å². The van der Waals surface area contributed by atoms with E-state index in [2.05, 4.69) is 4.98 Å². The van der Waals surface area contributed by atoms with Gasteiger partial charge in [0.15, 0.2) is 0 Å². The van der Waals surface area contributed by atoms with Crippen LogP contribution >= 0.6 is 11.6 Å². The van der Waals surface area contributed by atoms with Gasteiger partial charge < -0.3 is 4.98 Å². The number of aryl methyl sites for hydroxylation is 1. The molecular weight excluding hydrogens is 212 g/mol. The van der Waals surface area contributed by atoms with Crippen LogP contribution in [0.1, 0.15) is 11.1 Å². The van der Waals surface area contributed by atoms with Crippen molar-refractivity contribution in [1.29, 1.82) is 5.26 Å². The number of nitrogens with one attached hydrogen (secondary N) is 1. The van der Waals surface area contributed by atoms with Crippen molar-refractivity contribution in [2.45, 2.75) is 6.92 Å². The summed E-state index contributed by atoms with van der Waals surface area (Å²) in [5.74, 6) is 0. The van der Waals surface area contributed by atoms with Crippen LogP contribution in [0.15, 0.2) is 23.1 Å². The average molecular weight is 219 g/mol. The Morgan fingerprint density at radius 2 is 2.20 bits per heavy atom. The van der Waals surface area contributed by atoms with E-state index in [0.717, 1.165) is 5.56 Å². The molecule has 4 heteroatoms. The van der Waals surface area contributed by atoms with Gasteiger partial charge in [0.2, 0.25) is 5.43 Å². The van der Waals surface area contributed by atoms with Gasteiger partial charge in [-0.15, -0.1) is 0 Å². The Kier molecular flexibility index (Phi) is 2.22. The first-order valence-corrected chi connectivity index (χ1v) is 4.73. The Hall–Kier alpha value is -1.79. The number of H-pyrrole nitrogens is 1. The fraction of sp³-hybridized carbons (Fsp3) is 0.0909. The van der Waals surface area contributed by atoms with E-state index in [1.165, 1.54) is 6.20 Å². The third-order valence-corrected chi connectivity index (χ3v) is 2.78. The molecule has 2 rings (SSSR count). The number of nitriles is 1. The lowest BCUT2D eigenvalue weighted by Crippen LogP contribution is -2.07. The molecule has 0 aliphatic heterocycles. The van der Waals surface area contributed by atoms with Crippen LogP contribution in [0.2, 0.25) is 5.02 Å². The van der Waals surface area contributed by atoms with Crippen LogP contribution in [0.3, 0.4) is 0 Å². The maximum atomic E-state index is 11.7. The van der Waals surface area contributed by atoms with E-state index in [9.17, 15) is 4.79 Å². The van der Waals surface area contributed by atoms with Crippen molar-refractivity contribution < 1.29 is 0 Å². The molecule has 15 heavy (non-hydrogen) atoms. The first kappa shape index (κ1) is 9.75. The fourth-order valence-corrected chi connectivity index (χ4v) is 1.66. The zero-order valence-electron chi connectivity index (χ0n) is 7.97. The van der Waals surface area contributed by atoms with Gasteiger partial charge in [0, 0.05) is 16.6 Å². The van der Waals surface area contributed by atoms with Gasteiger partial charge in [0.1, 0.15) is 11.6 Å². The summed E-state index contributed by atoms with van der Waals surface area (Å²) in [5.41, 5.74) is 1.36. The Morgan fingerprint density at radius 3 is 2.87 bits per heavy atom. The van der Waals surface area contributed by atoms with Gasteiger partial charge in [-0.1, -0.05) is 11.6 Å². The highest BCUT2D eigenvalue weighted by molar-refractivity contribution is 6.32. The van der Waals surface area contributed by atoms with Gasteiger partial charge in [-0.25, -0.2) is 0 Å². The van der Waals surface area contributed by atoms with Crippen LogP contribution < -0.4 is 5.43 Å². The van der Waals surface area contributed by atoms with Gasteiger partial charge in [0.05, 0.1) is 5.52 Å². The third-order valence-electron chi connectivity index (χ3n) is 2.37. The highest BCUT2D eigenvalue weighted by Gasteiger charge is 2.07. The van der Waals surface area contributed by atoms with E-state index in [1.807, 2.05) is 13.0 Å². The number of nitrogens with zero attached hydrogens (tertiary/aromatic N) is 1. The molecule has 2 aromatic rings. The molecule has 1 aromatic heterocycles. The van der Waals surface area contributed by atoms with Gasteiger partial charge in [0.25, 0.3) is 0 Å². The van der Waals surface area contributed by atoms with Crippen molar-refractivity contribution in [2.24, 2.45) is 0 Å². The van der Waals surface area contributed by atoms with E-state index < -0.39 is 0 Å². The summed E-state index contributed by atoms with van der Waals surface area (Å²) in [5, 5.41) is 9.80. The van der Waals surface area contributed by atoms with Crippen LogP contribution in [-0.4, -0.2) is 4.98 Å². The largest absolute Gasteiger partial charge is 0.359 e. The predicted octanol–water partition coefficient (Wildman–Crippen LogP) is 2.36. The van der Waals surface area contributed by atoms with E-state index in [1.54, 1.807) is 12.1 Å². The van der Waals surface area contributed by atoms with Crippen molar-refractivity contribution in [3.05, 3.63) is 44.7 Å². The number of aromatic amines is 1. The van der Waals surface area contributed by atoms with Crippen LogP contribution in [-0.2, 0) is 0 Å². The van der Waals surface area contributed by atoms with Crippen molar-refractivity contribution in [1.82, 2.24) is 4.98 Å². The fourth-order valence-electron chi connectivity index (χ4n) is 1.50. The van der Waals surface area contributed by atoms with E-state index >= 15 is 0 Å². The van der Waals surface area contributed by atoms with Crippen molar-refractivity contribution in [3.63, 3.8) is 0 Å². The number of hydrogen-bond acceptors (Lipinski definition) is 2. The minimum Gasteiger partial charge on any atom is -0.359 e. The number of halogens is 1. The van der Waals surface area contributed by atoms with E-state index in [-0.39, 0.29) is 11.0 Å². The molecular formula is C11H7ClN2O. The molecule has 0 radical (unpaired) electrons. The lowest BCUT2D eigenvalue weighted by Gasteiger charge is -2.03. The third kappa shape index (κ3) is 1.39. The molecule has 74 valence electrons. The van der Waals surface area contributed by atoms with Crippen molar-refractivity contribution in [3.8, 4) is 6.07 Å². The molecule has 0 atom stereocenters. The zero-order chi connectivity index (χ0) is 11.0. The lowest BCUT2D eigenvalue weighted by atomic mass is 10.1. The number of rotatable bonds is 0. The molecule has 0 aliphatic carbocycles. The predicted molar refractivity (Wildman–Crippen MR) is 59.0 cm³/mol. The minimum atomic E-state index is -0.258. The van der Waals surface area contributed by atoms with Crippen molar-refractivity contribution in [2.75, 3.05) is 0 Å². The standard InChI is InChI=1S/C11H7ClN2O/c1-6-9(12)3-2-8-10(6)14-5-7(4-13)11(8)15/h2-3,5H,1H3,(H,14,15). The molecule has 0 saturated heterocycles. The molecule has 3 nitrogen and oxygen atoms in total. The molecule has 0 saturated carbocycles. The molecule has 0 spiro atoms. The highest BCUT2D eigenvalue weighted by Crippen LogP contribution is 2.21. The minimum absolute atomic E-state index is 0.115. The van der Waals surface area contributed by atoms with Gasteiger partial charge >= 0.3 is 0 Å². The second-order valence-electron chi connectivity index (χ2n) is 3.24. The summed E-state index contributed by atoms with van der Waals surface area (Å²) < 4.78 is 0. The molecule has 0 aliphatic rings. The van der Waals surface area contributed by atoms with Gasteiger partial charge in [-0.05, 0) is 24.6 Å². The second-order valence-corrected chi connectivity index (χ2v) is 3.65. The number of fused-ring (bicyclic) bond motifs is 1. The van der Waals surface area contributed by atoms with Crippen LogP contribution in [0.4, 0.5) is 0 Å². The molecule has 0 bridgehead atoms. The maximum Gasteiger partial charge on any atom is 0.207 e. The molecule has 1 heterocycles. The normalized spacial score (nSPS) is 10.2. The van der Waals surface area contributed by atoms with Gasteiger partial charge in [-0.2, -0.15) is 5.26 Å². The average Bonchev–Trinajstić information content (AvgIpc) is 2.24. The molecule has 1 N–H and O–H groups in total. The number of hydrogen-bond donors (Lipinski definition) is 1. The second kappa shape index (κ2) is 3.41. The summed E-state index contributed by atoms with van der Waals surface area (Å²) in [7, 11) is 0. The first-order valence-electron chi connectivity index (χ1n) is 4.35. The Morgan fingerprint density at radius 1 is 1.47 bits per heavy atom. The topological polar surface area (TPSA) is 56.6 Å². The zero-order valence-corrected chi connectivity index (χ0v) is 8.72. The molecule has 1 aromatic carbocycles. The lowest BCUT2D eigenvalue weighted by molar-refractivity contribution is 1.32. The first-order chi connectivity index (χ1) is 7.15. The summed E-state index contributed by atoms with van der Waals surface area (Å²) in [4.78, 5) is 14.7. The summed E-state index contributed by atoms with van der Waals surface area (Å²) in [6.07, 6.45) is 1.41. The monoisotopic (exact) mass is 218 g/mol. The molecule has 0 unspecified atom stereocenters. The quantitative estimate of drug-likeness (QED) is 0.738. The van der Waals surface area contributed by atoms with Crippen molar-refractivity contribution >= 4 is 22.5 Å². The summed E-state index contributed by atoms with van der Waals surface area (Å²) >= 11 is 5.93. The SMILES string of the molecule is Cc1c(Cl)ccc2c(=O)c(C#N)c[nH]c12. The Balaban J connectivity index is 3.00. The smallest absolute Gasteiger partial charge is 0.207 e. The summed E-state index contributed by atoms with van der Waals surface area (Å²) in [6.45, 7) is 1.83. The van der Waals surface area contributed by atoms with Gasteiger partial charge in [-0.3, -0.25) is 4.79 Å². The Labute approximate surface area is 90.9 Å². The maximum absolute atomic E-state index is 11.7. The molecule has 0 fully saturated rings. The van der Waals surface area contributed by atoms with Crippen LogP contribution in [0.5, 0.6) is 0 Å². The van der Waals surface area contributed by atoms with E-state index in [0.29, 0.717) is 15.9 Å². The Bertz CT molecular complexity index is 637. The number of benzene rings is 1.